The van der Waals surface area contributed by atoms with Gasteiger partial charge in [-0.25, -0.2) is 0 Å². The highest BCUT2D eigenvalue weighted by Gasteiger charge is 2.19. The number of rotatable bonds is 2. The molecule has 1 saturated heterocycles. The van der Waals surface area contributed by atoms with E-state index in [2.05, 4.69) is 26.2 Å². The van der Waals surface area contributed by atoms with Crippen molar-refractivity contribution in [3.63, 3.8) is 0 Å². The van der Waals surface area contributed by atoms with Crippen LogP contribution >= 0.6 is 15.9 Å². The van der Waals surface area contributed by atoms with Crippen molar-refractivity contribution >= 4 is 49.0 Å². The van der Waals surface area contributed by atoms with Crippen molar-refractivity contribution in [3.05, 3.63) is 28.9 Å². The number of fused-ring (bicyclic) bond motifs is 1. The molecular weight excluding hydrogens is 338 g/mol. The fourth-order valence-electron chi connectivity index (χ4n) is 2.48. The van der Waals surface area contributed by atoms with Gasteiger partial charge < -0.3 is 11.1 Å². The van der Waals surface area contributed by atoms with Gasteiger partial charge in [0.2, 0.25) is 0 Å². The van der Waals surface area contributed by atoms with Gasteiger partial charge in [-0.2, -0.15) is 0 Å². The lowest BCUT2D eigenvalue weighted by atomic mass is 10.1. The van der Waals surface area contributed by atoms with Crippen molar-refractivity contribution < 1.29 is 4.21 Å². The summed E-state index contributed by atoms with van der Waals surface area (Å²) in [7, 11) is -0.646. The summed E-state index contributed by atoms with van der Waals surface area (Å²) < 4.78 is 12.4. The van der Waals surface area contributed by atoms with E-state index >= 15 is 0 Å². The normalized spacial score (nSPS) is 22.9. The van der Waals surface area contributed by atoms with Crippen molar-refractivity contribution in [1.29, 1.82) is 0 Å². The summed E-state index contributed by atoms with van der Waals surface area (Å²) in [4.78, 5) is 4.35. The predicted molar refractivity (Wildman–Crippen MR) is 88.4 cm³/mol. The van der Waals surface area contributed by atoms with Crippen LogP contribution in [-0.4, -0.2) is 26.7 Å². The number of pyridine rings is 1. The predicted octanol–water partition coefficient (Wildman–Crippen LogP) is 2.90. The molecule has 0 bridgehead atoms. The summed E-state index contributed by atoms with van der Waals surface area (Å²) in [5.41, 5.74) is 8.60. The van der Waals surface area contributed by atoms with Gasteiger partial charge >= 0.3 is 0 Å². The lowest BCUT2D eigenvalue weighted by molar-refractivity contribution is 0.624. The van der Waals surface area contributed by atoms with E-state index in [1.165, 1.54) is 0 Å². The average Bonchev–Trinajstić information content (AvgIpc) is 2.44. The Morgan fingerprint density at radius 2 is 2.10 bits per heavy atom. The second kappa shape index (κ2) is 5.69. The highest BCUT2D eigenvalue weighted by Crippen LogP contribution is 2.31. The molecule has 106 valence electrons. The molecule has 6 heteroatoms. The third kappa shape index (κ3) is 2.81. The van der Waals surface area contributed by atoms with E-state index in [1.807, 2.05) is 18.2 Å². The maximum Gasteiger partial charge on any atom is 0.0743 e. The standard InChI is InChI=1S/C14H16BrN3OS/c15-9-1-2-13-11(7-9)14(12(16)8-17-13)18-10-3-5-20(19)6-4-10/h1-2,7-8,10H,3-6,16H2,(H,17,18). The third-order valence-electron chi connectivity index (χ3n) is 3.60. The van der Waals surface area contributed by atoms with E-state index < -0.39 is 10.8 Å². The Morgan fingerprint density at radius 3 is 2.85 bits per heavy atom. The largest absolute Gasteiger partial charge is 0.396 e. The molecule has 20 heavy (non-hydrogen) atoms. The summed E-state index contributed by atoms with van der Waals surface area (Å²) in [5, 5.41) is 4.54. The van der Waals surface area contributed by atoms with Gasteiger partial charge in [-0.3, -0.25) is 9.19 Å². The van der Waals surface area contributed by atoms with Crippen LogP contribution in [0.4, 0.5) is 11.4 Å². The summed E-state index contributed by atoms with van der Waals surface area (Å²) in [5.74, 6) is 1.54. The van der Waals surface area contributed by atoms with Crippen LogP contribution < -0.4 is 11.1 Å². The minimum absolute atomic E-state index is 0.333. The minimum atomic E-state index is -0.646. The van der Waals surface area contributed by atoms with E-state index in [0.717, 1.165) is 45.4 Å². The highest BCUT2D eigenvalue weighted by molar-refractivity contribution is 9.10. The van der Waals surface area contributed by atoms with Gasteiger partial charge in [0.15, 0.2) is 0 Å². The van der Waals surface area contributed by atoms with Crippen LogP contribution in [0.15, 0.2) is 28.9 Å². The average molecular weight is 354 g/mol. The minimum Gasteiger partial charge on any atom is -0.396 e. The van der Waals surface area contributed by atoms with Crippen LogP contribution in [0.3, 0.4) is 0 Å². The number of aromatic nitrogens is 1. The second-order valence-electron chi connectivity index (χ2n) is 5.02. The van der Waals surface area contributed by atoms with Crippen LogP contribution in [0, 0.1) is 0 Å². The van der Waals surface area contributed by atoms with Gasteiger partial charge in [0.25, 0.3) is 0 Å². The number of nitrogens with zero attached hydrogens (tertiary/aromatic N) is 1. The number of nitrogens with one attached hydrogen (secondary N) is 1. The number of nitrogen functional groups attached to an aromatic ring is 1. The van der Waals surface area contributed by atoms with Gasteiger partial charge in [-0.05, 0) is 31.0 Å². The lowest BCUT2D eigenvalue weighted by Gasteiger charge is -2.25. The molecule has 1 fully saturated rings. The van der Waals surface area contributed by atoms with Crippen molar-refractivity contribution in [3.8, 4) is 0 Å². The SMILES string of the molecule is Nc1cnc2ccc(Br)cc2c1NC1CCS(=O)CC1. The Hall–Kier alpha value is -1.14. The van der Waals surface area contributed by atoms with Gasteiger partial charge in [0, 0.05) is 38.2 Å². The number of halogens is 1. The molecule has 1 aliphatic rings. The van der Waals surface area contributed by atoms with Gasteiger partial charge in [0.1, 0.15) is 0 Å². The molecule has 0 unspecified atom stereocenters. The molecule has 2 heterocycles. The van der Waals surface area contributed by atoms with Crippen molar-refractivity contribution in [2.24, 2.45) is 0 Å². The first-order valence-electron chi connectivity index (χ1n) is 6.59. The molecule has 3 rings (SSSR count). The first-order chi connectivity index (χ1) is 9.63. The highest BCUT2D eigenvalue weighted by atomic mass is 79.9. The van der Waals surface area contributed by atoms with Gasteiger partial charge in [-0.1, -0.05) is 15.9 Å². The monoisotopic (exact) mass is 353 g/mol. The molecule has 0 spiro atoms. The van der Waals surface area contributed by atoms with E-state index in [4.69, 9.17) is 5.73 Å². The van der Waals surface area contributed by atoms with Crippen LogP contribution in [0.1, 0.15) is 12.8 Å². The van der Waals surface area contributed by atoms with E-state index in [0.29, 0.717) is 11.7 Å². The van der Waals surface area contributed by atoms with Gasteiger partial charge in [0.05, 0.1) is 23.1 Å². The molecule has 3 N–H and O–H groups in total. The Balaban J connectivity index is 1.95. The van der Waals surface area contributed by atoms with Crippen LogP contribution in [0.25, 0.3) is 10.9 Å². The molecule has 1 aromatic heterocycles. The summed E-state index contributed by atoms with van der Waals surface area (Å²) in [6.45, 7) is 0. The first-order valence-corrected chi connectivity index (χ1v) is 8.87. The molecule has 0 aliphatic carbocycles. The zero-order valence-electron chi connectivity index (χ0n) is 10.9. The van der Waals surface area contributed by atoms with Gasteiger partial charge in [-0.15, -0.1) is 0 Å². The zero-order chi connectivity index (χ0) is 14.1. The number of hydrogen-bond donors (Lipinski definition) is 2. The van der Waals surface area contributed by atoms with Crippen LogP contribution in [0.2, 0.25) is 0 Å². The van der Waals surface area contributed by atoms with Crippen LogP contribution in [-0.2, 0) is 10.8 Å². The second-order valence-corrected chi connectivity index (χ2v) is 7.63. The lowest BCUT2D eigenvalue weighted by Crippen LogP contribution is -2.29. The van der Waals surface area contributed by atoms with E-state index in [1.54, 1.807) is 6.20 Å². The number of anilines is 2. The maximum absolute atomic E-state index is 11.4. The smallest absolute Gasteiger partial charge is 0.0743 e. The zero-order valence-corrected chi connectivity index (χ0v) is 13.3. The molecule has 0 radical (unpaired) electrons. The fourth-order valence-corrected chi connectivity index (χ4v) is 4.14. The summed E-state index contributed by atoms with van der Waals surface area (Å²) in [6, 6.07) is 6.31. The number of hydrogen-bond acceptors (Lipinski definition) is 4. The maximum atomic E-state index is 11.4. The van der Waals surface area contributed by atoms with E-state index in [-0.39, 0.29) is 0 Å². The molecule has 2 aromatic rings. The molecule has 1 aliphatic heterocycles. The number of nitrogens with two attached hydrogens (primary N) is 1. The summed E-state index contributed by atoms with van der Waals surface area (Å²) >= 11 is 3.49. The fraction of sp³-hybridized carbons (Fsp3) is 0.357. The molecule has 4 nitrogen and oxygen atoms in total. The molecule has 0 amide bonds. The van der Waals surface area contributed by atoms with Crippen molar-refractivity contribution in [1.82, 2.24) is 4.98 Å². The third-order valence-corrected chi connectivity index (χ3v) is 5.47. The van der Waals surface area contributed by atoms with Crippen LogP contribution in [0.5, 0.6) is 0 Å². The van der Waals surface area contributed by atoms with Crippen molar-refractivity contribution in [2.45, 2.75) is 18.9 Å². The molecule has 1 aromatic carbocycles. The van der Waals surface area contributed by atoms with Crippen molar-refractivity contribution in [2.75, 3.05) is 22.6 Å². The molecule has 0 atom stereocenters. The Bertz CT molecular complexity index is 662. The number of benzene rings is 1. The Morgan fingerprint density at radius 1 is 1.35 bits per heavy atom. The molecular formula is C14H16BrN3OS. The topological polar surface area (TPSA) is 68.0 Å². The quantitative estimate of drug-likeness (QED) is 0.870. The molecule has 0 saturated carbocycles. The summed E-state index contributed by atoms with van der Waals surface area (Å²) in [6.07, 6.45) is 3.54. The van der Waals surface area contributed by atoms with E-state index in [9.17, 15) is 4.21 Å². The Kier molecular flexibility index (Phi) is 3.94. The Labute approximate surface area is 128 Å². The first kappa shape index (κ1) is 13.8.